The van der Waals surface area contributed by atoms with E-state index in [0.717, 1.165) is 13.1 Å². The maximum absolute atomic E-state index is 3.39. The van der Waals surface area contributed by atoms with Gasteiger partial charge in [0.1, 0.15) is 0 Å². The predicted molar refractivity (Wildman–Crippen MR) is 53.3 cm³/mol. The lowest BCUT2D eigenvalue weighted by Crippen LogP contribution is -2.25. The van der Waals surface area contributed by atoms with Crippen LogP contribution in [0.4, 0.5) is 0 Å². The number of hydrogen-bond acceptors (Lipinski definition) is 2. The van der Waals surface area contributed by atoms with Crippen molar-refractivity contribution in [3.63, 3.8) is 0 Å². The Morgan fingerprint density at radius 3 is 3.08 bits per heavy atom. The first-order valence-electron chi connectivity index (χ1n) is 4.89. The second kappa shape index (κ2) is 5.33. The van der Waals surface area contributed by atoms with Gasteiger partial charge in [-0.15, -0.1) is 0 Å². The summed E-state index contributed by atoms with van der Waals surface area (Å²) in [5.74, 6) is 0. The van der Waals surface area contributed by atoms with Crippen LogP contribution in [-0.4, -0.2) is 26.2 Å². The van der Waals surface area contributed by atoms with E-state index in [-0.39, 0.29) is 0 Å². The molecule has 0 aromatic carbocycles. The van der Waals surface area contributed by atoms with Gasteiger partial charge < -0.3 is 10.6 Å². The van der Waals surface area contributed by atoms with Crippen molar-refractivity contribution >= 4 is 0 Å². The fourth-order valence-corrected chi connectivity index (χ4v) is 1.44. The lowest BCUT2D eigenvalue weighted by atomic mass is 10.0. The van der Waals surface area contributed by atoms with Crippen LogP contribution in [0, 0.1) is 0 Å². The first kappa shape index (κ1) is 9.75. The average Bonchev–Trinajstić information content (AvgIpc) is 2.16. The van der Waals surface area contributed by atoms with Gasteiger partial charge in [-0.2, -0.15) is 0 Å². The standard InChI is InChI=1S/C10H20N2/c1-9(11-2)5-6-10-4-3-7-12-8-10/h4,9,11-12H,3,5-8H2,1-2H3. The molecule has 70 valence electrons. The van der Waals surface area contributed by atoms with Crippen LogP contribution in [0.5, 0.6) is 0 Å². The van der Waals surface area contributed by atoms with Gasteiger partial charge in [0.25, 0.3) is 0 Å². The molecule has 2 nitrogen and oxygen atoms in total. The van der Waals surface area contributed by atoms with E-state index in [2.05, 4.69) is 23.6 Å². The Hall–Kier alpha value is -0.340. The van der Waals surface area contributed by atoms with E-state index in [0.29, 0.717) is 6.04 Å². The Kier molecular flexibility index (Phi) is 4.33. The highest BCUT2D eigenvalue weighted by atomic mass is 14.9. The summed E-state index contributed by atoms with van der Waals surface area (Å²) in [5, 5.41) is 6.64. The highest BCUT2D eigenvalue weighted by Gasteiger charge is 2.04. The summed E-state index contributed by atoms with van der Waals surface area (Å²) in [7, 11) is 2.03. The Labute approximate surface area is 75.4 Å². The second-order valence-electron chi connectivity index (χ2n) is 3.56. The van der Waals surface area contributed by atoms with Crippen molar-refractivity contribution in [3.05, 3.63) is 11.6 Å². The van der Waals surface area contributed by atoms with Crippen LogP contribution in [0.15, 0.2) is 11.6 Å². The maximum atomic E-state index is 3.39. The van der Waals surface area contributed by atoms with Crippen LogP contribution in [0.2, 0.25) is 0 Å². The quantitative estimate of drug-likeness (QED) is 0.618. The van der Waals surface area contributed by atoms with Gasteiger partial charge in [0.2, 0.25) is 0 Å². The van der Waals surface area contributed by atoms with Crippen molar-refractivity contribution in [2.75, 3.05) is 20.1 Å². The van der Waals surface area contributed by atoms with Crippen molar-refractivity contribution in [3.8, 4) is 0 Å². The molecule has 0 aliphatic carbocycles. The normalized spacial score (nSPS) is 20.3. The second-order valence-corrected chi connectivity index (χ2v) is 3.56. The Balaban J connectivity index is 2.17. The molecular formula is C10H20N2. The van der Waals surface area contributed by atoms with Crippen LogP contribution < -0.4 is 10.6 Å². The van der Waals surface area contributed by atoms with Gasteiger partial charge in [-0.05, 0) is 39.8 Å². The zero-order chi connectivity index (χ0) is 8.81. The summed E-state index contributed by atoms with van der Waals surface area (Å²) in [6, 6.07) is 0.646. The molecule has 0 bridgehead atoms. The van der Waals surface area contributed by atoms with Gasteiger partial charge in [-0.1, -0.05) is 11.6 Å². The minimum absolute atomic E-state index is 0.646. The third kappa shape index (κ3) is 3.37. The van der Waals surface area contributed by atoms with Crippen molar-refractivity contribution in [2.24, 2.45) is 0 Å². The van der Waals surface area contributed by atoms with Gasteiger partial charge in [-0.25, -0.2) is 0 Å². The fourth-order valence-electron chi connectivity index (χ4n) is 1.44. The van der Waals surface area contributed by atoms with E-state index in [9.17, 15) is 0 Å². The molecule has 1 aliphatic rings. The third-order valence-corrected chi connectivity index (χ3v) is 2.50. The topological polar surface area (TPSA) is 24.1 Å². The number of hydrogen-bond donors (Lipinski definition) is 2. The maximum Gasteiger partial charge on any atom is 0.0164 e. The molecule has 12 heavy (non-hydrogen) atoms. The third-order valence-electron chi connectivity index (χ3n) is 2.50. The molecule has 0 amide bonds. The smallest absolute Gasteiger partial charge is 0.0164 e. The van der Waals surface area contributed by atoms with Crippen LogP contribution in [-0.2, 0) is 0 Å². The molecule has 1 atom stereocenters. The van der Waals surface area contributed by atoms with Gasteiger partial charge in [0.15, 0.2) is 0 Å². The van der Waals surface area contributed by atoms with E-state index in [1.54, 1.807) is 5.57 Å². The highest BCUT2D eigenvalue weighted by molar-refractivity contribution is 5.07. The summed E-state index contributed by atoms with van der Waals surface area (Å²) in [4.78, 5) is 0. The molecule has 0 radical (unpaired) electrons. The molecule has 0 spiro atoms. The molecular weight excluding hydrogens is 148 g/mol. The fraction of sp³-hybridized carbons (Fsp3) is 0.800. The van der Waals surface area contributed by atoms with Gasteiger partial charge in [0, 0.05) is 12.6 Å². The summed E-state index contributed by atoms with van der Waals surface area (Å²) in [5.41, 5.74) is 1.59. The monoisotopic (exact) mass is 168 g/mol. The molecule has 1 heterocycles. The Morgan fingerprint density at radius 2 is 2.50 bits per heavy atom. The molecule has 0 aromatic rings. The van der Waals surface area contributed by atoms with Crippen molar-refractivity contribution in [1.29, 1.82) is 0 Å². The number of rotatable bonds is 4. The highest BCUT2D eigenvalue weighted by Crippen LogP contribution is 2.09. The first-order chi connectivity index (χ1) is 5.83. The summed E-state index contributed by atoms with van der Waals surface area (Å²) < 4.78 is 0. The molecule has 1 unspecified atom stereocenters. The van der Waals surface area contributed by atoms with E-state index in [1.807, 2.05) is 7.05 Å². The Morgan fingerprint density at radius 1 is 1.67 bits per heavy atom. The van der Waals surface area contributed by atoms with Gasteiger partial charge in [0.05, 0.1) is 0 Å². The largest absolute Gasteiger partial charge is 0.317 e. The van der Waals surface area contributed by atoms with Crippen LogP contribution in [0.3, 0.4) is 0 Å². The van der Waals surface area contributed by atoms with E-state index in [4.69, 9.17) is 0 Å². The van der Waals surface area contributed by atoms with Gasteiger partial charge in [-0.3, -0.25) is 0 Å². The van der Waals surface area contributed by atoms with E-state index >= 15 is 0 Å². The molecule has 1 rings (SSSR count). The minimum atomic E-state index is 0.646. The molecule has 2 heteroatoms. The SMILES string of the molecule is CNC(C)CCC1=CCCNC1. The van der Waals surface area contributed by atoms with Crippen LogP contribution >= 0.6 is 0 Å². The van der Waals surface area contributed by atoms with Gasteiger partial charge >= 0.3 is 0 Å². The van der Waals surface area contributed by atoms with Crippen molar-refractivity contribution in [1.82, 2.24) is 10.6 Å². The molecule has 0 saturated carbocycles. The van der Waals surface area contributed by atoms with Crippen LogP contribution in [0.1, 0.15) is 26.2 Å². The zero-order valence-electron chi connectivity index (χ0n) is 8.19. The van der Waals surface area contributed by atoms with Crippen LogP contribution in [0.25, 0.3) is 0 Å². The van der Waals surface area contributed by atoms with E-state index in [1.165, 1.54) is 19.3 Å². The molecule has 0 saturated heterocycles. The van der Waals surface area contributed by atoms with E-state index < -0.39 is 0 Å². The lowest BCUT2D eigenvalue weighted by molar-refractivity contribution is 0.551. The zero-order valence-corrected chi connectivity index (χ0v) is 8.19. The lowest BCUT2D eigenvalue weighted by Gasteiger charge is -2.16. The van der Waals surface area contributed by atoms with Crippen molar-refractivity contribution < 1.29 is 0 Å². The summed E-state index contributed by atoms with van der Waals surface area (Å²) in [6.07, 6.45) is 6.10. The first-order valence-corrected chi connectivity index (χ1v) is 4.89. The Bertz CT molecular complexity index is 152. The molecule has 1 aliphatic heterocycles. The molecule has 2 N–H and O–H groups in total. The summed E-state index contributed by atoms with van der Waals surface area (Å²) >= 11 is 0. The predicted octanol–water partition coefficient (Wildman–Crippen LogP) is 1.29. The number of nitrogens with one attached hydrogen (secondary N) is 2. The molecule has 0 fully saturated rings. The summed E-state index contributed by atoms with van der Waals surface area (Å²) in [6.45, 7) is 4.50. The minimum Gasteiger partial charge on any atom is -0.317 e. The molecule has 0 aromatic heterocycles. The van der Waals surface area contributed by atoms with Crippen molar-refractivity contribution in [2.45, 2.75) is 32.2 Å². The average molecular weight is 168 g/mol.